The average molecular weight is 289 g/mol. The standard InChI is InChI=1S/C15H19N3O3/c1-8(12-9(2)18-21-10(12)3)6-16-15(19)13-14(11-4-5-11)20-7-17-13/h7-8,11H,4-6H2,1-3H3,(H,16,19). The zero-order valence-corrected chi connectivity index (χ0v) is 12.5. The van der Waals surface area contributed by atoms with Gasteiger partial charge < -0.3 is 14.3 Å². The number of aryl methyl sites for hydroxylation is 2. The summed E-state index contributed by atoms with van der Waals surface area (Å²) >= 11 is 0. The first-order valence-corrected chi connectivity index (χ1v) is 7.22. The van der Waals surface area contributed by atoms with Crippen molar-refractivity contribution in [3.05, 3.63) is 34.9 Å². The highest BCUT2D eigenvalue weighted by Gasteiger charge is 2.32. The third-order valence-electron chi connectivity index (χ3n) is 3.91. The molecule has 0 radical (unpaired) electrons. The van der Waals surface area contributed by atoms with Gasteiger partial charge >= 0.3 is 0 Å². The number of amides is 1. The van der Waals surface area contributed by atoms with Crippen LogP contribution in [0.3, 0.4) is 0 Å². The van der Waals surface area contributed by atoms with Crippen molar-refractivity contribution in [1.29, 1.82) is 0 Å². The Bertz CT molecular complexity index is 635. The van der Waals surface area contributed by atoms with E-state index >= 15 is 0 Å². The van der Waals surface area contributed by atoms with Crippen molar-refractivity contribution in [2.24, 2.45) is 0 Å². The minimum absolute atomic E-state index is 0.136. The maximum atomic E-state index is 12.2. The monoisotopic (exact) mass is 289 g/mol. The van der Waals surface area contributed by atoms with Crippen molar-refractivity contribution in [3.8, 4) is 0 Å². The summed E-state index contributed by atoms with van der Waals surface area (Å²) in [5, 5.41) is 6.86. The van der Waals surface area contributed by atoms with Crippen molar-refractivity contribution in [1.82, 2.24) is 15.5 Å². The topological polar surface area (TPSA) is 81.2 Å². The van der Waals surface area contributed by atoms with Crippen LogP contribution in [0, 0.1) is 13.8 Å². The molecule has 1 unspecified atom stereocenters. The highest BCUT2D eigenvalue weighted by Crippen LogP contribution is 2.41. The van der Waals surface area contributed by atoms with Crippen molar-refractivity contribution >= 4 is 5.91 Å². The second-order valence-electron chi connectivity index (χ2n) is 5.69. The van der Waals surface area contributed by atoms with E-state index in [0.717, 1.165) is 35.6 Å². The first-order valence-electron chi connectivity index (χ1n) is 7.22. The molecule has 1 amide bonds. The lowest BCUT2D eigenvalue weighted by Gasteiger charge is -2.12. The van der Waals surface area contributed by atoms with E-state index in [9.17, 15) is 4.79 Å². The van der Waals surface area contributed by atoms with Gasteiger partial charge in [0.2, 0.25) is 0 Å². The molecule has 6 heteroatoms. The van der Waals surface area contributed by atoms with E-state index < -0.39 is 0 Å². The van der Waals surface area contributed by atoms with Crippen LogP contribution in [0.15, 0.2) is 15.3 Å². The Morgan fingerprint density at radius 2 is 2.24 bits per heavy atom. The van der Waals surface area contributed by atoms with Crippen LogP contribution in [0.25, 0.3) is 0 Å². The number of hydrogen-bond donors (Lipinski definition) is 1. The average Bonchev–Trinajstić information content (AvgIpc) is 3.09. The fourth-order valence-corrected chi connectivity index (χ4v) is 2.69. The van der Waals surface area contributed by atoms with Gasteiger partial charge in [-0.05, 0) is 26.7 Å². The lowest BCUT2D eigenvalue weighted by atomic mass is 9.99. The summed E-state index contributed by atoms with van der Waals surface area (Å²) in [4.78, 5) is 16.3. The van der Waals surface area contributed by atoms with E-state index in [4.69, 9.17) is 8.94 Å². The van der Waals surface area contributed by atoms with E-state index in [1.807, 2.05) is 20.8 Å². The third-order valence-corrected chi connectivity index (χ3v) is 3.91. The fourth-order valence-electron chi connectivity index (χ4n) is 2.69. The van der Waals surface area contributed by atoms with Gasteiger partial charge in [0, 0.05) is 23.9 Å². The van der Waals surface area contributed by atoms with Crippen LogP contribution in [-0.2, 0) is 0 Å². The lowest BCUT2D eigenvalue weighted by molar-refractivity contribution is 0.0945. The molecule has 0 aliphatic heterocycles. The van der Waals surface area contributed by atoms with Crippen LogP contribution in [0.1, 0.15) is 64.9 Å². The molecule has 2 aromatic rings. The molecule has 3 rings (SSSR count). The molecule has 1 atom stereocenters. The molecule has 2 heterocycles. The maximum absolute atomic E-state index is 12.2. The number of hydrogen-bond acceptors (Lipinski definition) is 5. The summed E-state index contributed by atoms with van der Waals surface area (Å²) in [5.74, 6) is 1.85. The van der Waals surface area contributed by atoms with Crippen LogP contribution >= 0.6 is 0 Å². The predicted molar refractivity (Wildman–Crippen MR) is 75.2 cm³/mol. The molecule has 0 saturated heterocycles. The summed E-state index contributed by atoms with van der Waals surface area (Å²) in [6.07, 6.45) is 3.50. The van der Waals surface area contributed by atoms with E-state index in [1.54, 1.807) is 0 Å². The molecule has 0 spiro atoms. The summed E-state index contributed by atoms with van der Waals surface area (Å²) in [6, 6.07) is 0. The van der Waals surface area contributed by atoms with Gasteiger partial charge in [0.25, 0.3) is 5.91 Å². The Balaban J connectivity index is 1.64. The number of carbonyl (C=O) groups is 1. The van der Waals surface area contributed by atoms with Gasteiger partial charge in [-0.25, -0.2) is 4.98 Å². The molecule has 2 aromatic heterocycles. The van der Waals surface area contributed by atoms with Crippen molar-refractivity contribution in [2.45, 2.75) is 45.4 Å². The van der Waals surface area contributed by atoms with Gasteiger partial charge in [0.15, 0.2) is 12.1 Å². The lowest BCUT2D eigenvalue weighted by Crippen LogP contribution is -2.28. The second-order valence-corrected chi connectivity index (χ2v) is 5.69. The normalized spacial score (nSPS) is 16.0. The van der Waals surface area contributed by atoms with Gasteiger partial charge in [-0.1, -0.05) is 12.1 Å². The first kappa shape index (κ1) is 13.9. The van der Waals surface area contributed by atoms with E-state index in [1.165, 1.54) is 6.39 Å². The Morgan fingerprint density at radius 1 is 1.48 bits per heavy atom. The van der Waals surface area contributed by atoms with Crippen molar-refractivity contribution < 1.29 is 13.7 Å². The molecular formula is C15H19N3O3. The quantitative estimate of drug-likeness (QED) is 0.915. The molecule has 1 N–H and O–H groups in total. The van der Waals surface area contributed by atoms with Gasteiger partial charge in [0.05, 0.1) is 5.69 Å². The minimum atomic E-state index is -0.177. The van der Waals surface area contributed by atoms with E-state index in [-0.39, 0.29) is 11.8 Å². The summed E-state index contributed by atoms with van der Waals surface area (Å²) in [7, 11) is 0. The van der Waals surface area contributed by atoms with Crippen LogP contribution in [0.5, 0.6) is 0 Å². The van der Waals surface area contributed by atoms with Gasteiger partial charge in [0.1, 0.15) is 11.5 Å². The molecule has 6 nitrogen and oxygen atoms in total. The second kappa shape index (κ2) is 5.35. The van der Waals surface area contributed by atoms with Gasteiger partial charge in [-0.15, -0.1) is 0 Å². The molecule has 1 aliphatic rings. The van der Waals surface area contributed by atoms with Crippen molar-refractivity contribution in [3.63, 3.8) is 0 Å². The molecule has 1 aliphatic carbocycles. The van der Waals surface area contributed by atoms with Crippen LogP contribution in [-0.4, -0.2) is 22.6 Å². The number of aromatic nitrogens is 2. The Labute approximate surface area is 122 Å². The highest BCUT2D eigenvalue weighted by atomic mass is 16.5. The third kappa shape index (κ3) is 2.70. The van der Waals surface area contributed by atoms with Crippen LogP contribution in [0.4, 0.5) is 0 Å². The maximum Gasteiger partial charge on any atom is 0.273 e. The first-order chi connectivity index (χ1) is 10.1. The number of oxazole rings is 1. The molecule has 0 bridgehead atoms. The zero-order valence-electron chi connectivity index (χ0n) is 12.5. The van der Waals surface area contributed by atoms with Gasteiger partial charge in [-0.3, -0.25) is 4.79 Å². The number of rotatable bonds is 5. The molecule has 112 valence electrons. The summed E-state index contributed by atoms with van der Waals surface area (Å²) in [6.45, 7) is 6.35. The summed E-state index contributed by atoms with van der Waals surface area (Å²) < 4.78 is 10.5. The fraction of sp³-hybridized carbons (Fsp3) is 0.533. The van der Waals surface area contributed by atoms with Crippen molar-refractivity contribution in [2.75, 3.05) is 6.54 Å². The minimum Gasteiger partial charge on any atom is -0.447 e. The molecular weight excluding hydrogens is 270 g/mol. The smallest absolute Gasteiger partial charge is 0.273 e. The Morgan fingerprint density at radius 3 is 2.86 bits per heavy atom. The number of nitrogens with zero attached hydrogens (tertiary/aromatic N) is 2. The molecule has 1 fully saturated rings. The zero-order chi connectivity index (χ0) is 15.0. The molecule has 1 saturated carbocycles. The van der Waals surface area contributed by atoms with E-state index in [2.05, 4.69) is 15.5 Å². The highest BCUT2D eigenvalue weighted by molar-refractivity contribution is 5.93. The van der Waals surface area contributed by atoms with E-state index in [0.29, 0.717) is 18.2 Å². The van der Waals surface area contributed by atoms with Crippen LogP contribution in [0.2, 0.25) is 0 Å². The van der Waals surface area contributed by atoms with Gasteiger partial charge in [-0.2, -0.15) is 0 Å². The Hall–Kier alpha value is -2.11. The molecule has 0 aromatic carbocycles. The number of carbonyl (C=O) groups excluding carboxylic acids is 1. The predicted octanol–water partition coefficient (Wildman–Crippen LogP) is 2.69. The SMILES string of the molecule is Cc1noc(C)c1C(C)CNC(=O)c1ncoc1C1CC1. The molecule has 21 heavy (non-hydrogen) atoms. The largest absolute Gasteiger partial charge is 0.447 e. The Kier molecular flexibility index (Phi) is 3.53. The summed E-state index contributed by atoms with van der Waals surface area (Å²) in [5.41, 5.74) is 2.34. The van der Waals surface area contributed by atoms with Crippen LogP contribution < -0.4 is 5.32 Å². The number of nitrogens with one attached hydrogen (secondary N) is 1.